The topological polar surface area (TPSA) is 89.0 Å². The van der Waals surface area contributed by atoms with Gasteiger partial charge in [-0.05, 0) is 27.7 Å². The van der Waals surface area contributed by atoms with Crippen LogP contribution >= 0.6 is 0 Å². The van der Waals surface area contributed by atoms with Crippen LogP contribution in [-0.4, -0.2) is 56.6 Å². The molecule has 1 saturated heterocycles. The number of ether oxygens (including phenoxy) is 2. The average molecular weight is 368 g/mol. The normalized spacial score (nSPS) is 20.4. The van der Waals surface area contributed by atoms with E-state index in [4.69, 9.17) is 9.47 Å². The summed E-state index contributed by atoms with van der Waals surface area (Å²) in [7, 11) is 0. The summed E-state index contributed by atoms with van der Waals surface area (Å²) >= 11 is 0. The zero-order valence-corrected chi connectivity index (χ0v) is 16.0. The second kappa shape index (κ2) is 7.11. The van der Waals surface area contributed by atoms with Crippen LogP contribution in [0.4, 0.5) is 5.82 Å². The van der Waals surface area contributed by atoms with Gasteiger partial charge in [-0.15, -0.1) is 0 Å². The molecule has 3 aromatic rings. The number of pyridine rings is 1. The minimum Gasteiger partial charge on any atom is -0.475 e. The molecule has 1 N–H and O–H groups in total. The summed E-state index contributed by atoms with van der Waals surface area (Å²) in [5.41, 5.74) is 2.37. The molecule has 0 spiro atoms. The van der Waals surface area contributed by atoms with Crippen molar-refractivity contribution in [3.8, 4) is 17.3 Å². The van der Waals surface area contributed by atoms with E-state index in [2.05, 4.69) is 43.9 Å². The molecule has 1 fully saturated rings. The first-order valence-corrected chi connectivity index (χ1v) is 9.23. The molecule has 2 unspecified atom stereocenters. The SMILES string of the molecule is CC(C)Oc1cc2c(-c3cc(N4CC(C)OC(C)C4)ncn3)n[nH]c2cn1. The second-order valence-electron chi connectivity index (χ2n) is 7.23. The smallest absolute Gasteiger partial charge is 0.214 e. The number of hydrogen-bond donors (Lipinski definition) is 1. The molecule has 3 aromatic heterocycles. The lowest BCUT2D eigenvalue weighted by atomic mass is 10.2. The van der Waals surface area contributed by atoms with Crippen molar-refractivity contribution in [2.45, 2.75) is 46.0 Å². The molecule has 0 bridgehead atoms. The van der Waals surface area contributed by atoms with Gasteiger partial charge in [0.15, 0.2) is 0 Å². The summed E-state index contributed by atoms with van der Waals surface area (Å²) in [5.74, 6) is 1.45. The molecule has 0 saturated carbocycles. The zero-order valence-electron chi connectivity index (χ0n) is 16.0. The highest BCUT2D eigenvalue weighted by Crippen LogP contribution is 2.29. The number of morpholine rings is 1. The highest BCUT2D eigenvalue weighted by atomic mass is 16.5. The summed E-state index contributed by atoms with van der Waals surface area (Å²) in [5, 5.41) is 8.39. The number of hydrogen-bond acceptors (Lipinski definition) is 7. The van der Waals surface area contributed by atoms with Gasteiger partial charge in [0, 0.05) is 30.6 Å². The maximum atomic E-state index is 5.82. The van der Waals surface area contributed by atoms with Gasteiger partial charge in [0.05, 0.1) is 35.7 Å². The summed E-state index contributed by atoms with van der Waals surface area (Å²) in [6.45, 7) is 9.72. The van der Waals surface area contributed by atoms with Crippen LogP contribution in [0.25, 0.3) is 22.3 Å². The standard InChI is InChI=1S/C19H24N6O2/c1-11(2)26-18-5-14-16(7-20-18)23-24-19(14)15-6-17(22-10-21-15)25-8-12(3)27-13(4)9-25/h5-7,10-13H,8-9H2,1-4H3,(H,23,24). The van der Waals surface area contributed by atoms with E-state index in [-0.39, 0.29) is 18.3 Å². The predicted octanol–water partition coefficient (Wildman–Crippen LogP) is 2.82. The van der Waals surface area contributed by atoms with E-state index in [1.807, 2.05) is 26.0 Å². The monoisotopic (exact) mass is 368 g/mol. The van der Waals surface area contributed by atoms with Crippen LogP contribution in [0.15, 0.2) is 24.7 Å². The van der Waals surface area contributed by atoms with Gasteiger partial charge in [0.2, 0.25) is 5.88 Å². The molecular weight excluding hydrogens is 344 g/mol. The van der Waals surface area contributed by atoms with E-state index in [0.29, 0.717) is 5.88 Å². The molecule has 142 valence electrons. The van der Waals surface area contributed by atoms with Crippen molar-refractivity contribution >= 4 is 16.7 Å². The largest absolute Gasteiger partial charge is 0.475 e. The van der Waals surface area contributed by atoms with Gasteiger partial charge < -0.3 is 14.4 Å². The molecule has 4 heterocycles. The van der Waals surface area contributed by atoms with Gasteiger partial charge in [-0.2, -0.15) is 5.10 Å². The van der Waals surface area contributed by atoms with Crippen LogP contribution in [0, 0.1) is 0 Å². The lowest BCUT2D eigenvalue weighted by Gasteiger charge is -2.36. The number of nitrogens with zero attached hydrogens (tertiary/aromatic N) is 5. The van der Waals surface area contributed by atoms with Gasteiger partial charge in [-0.3, -0.25) is 5.10 Å². The number of nitrogens with one attached hydrogen (secondary N) is 1. The Kier molecular flexibility index (Phi) is 4.65. The van der Waals surface area contributed by atoms with E-state index >= 15 is 0 Å². The third-order valence-electron chi connectivity index (χ3n) is 4.42. The van der Waals surface area contributed by atoms with Gasteiger partial charge in [0.1, 0.15) is 17.8 Å². The number of aromatic amines is 1. The number of H-pyrrole nitrogens is 1. The molecule has 8 heteroatoms. The third-order valence-corrected chi connectivity index (χ3v) is 4.42. The minimum absolute atomic E-state index is 0.0567. The lowest BCUT2D eigenvalue weighted by Crippen LogP contribution is -2.45. The van der Waals surface area contributed by atoms with Gasteiger partial charge in [-0.1, -0.05) is 0 Å². The van der Waals surface area contributed by atoms with Crippen molar-refractivity contribution in [1.29, 1.82) is 0 Å². The van der Waals surface area contributed by atoms with Crippen molar-refractivity contribution in [1.82, 2.24) is 25.1 Å². The van der Waals surface area contributed by atoms with E-state index < -0.39 is 0 Å². The van der Waals surface area contributed by atoms with E-state index in [1.54, 1.807) is 12.5 Å². The Morgan fingerprint density at radius 3 is 2.67 bits per heavy atom. The first-order chi connectivity index (χ1) is 13.0. The van der Waals surface area contributed by atoms with Crippen LogP contribution in [0.5, 0.6) is 5.88 Å². The quantitative estimate of drug-likeness (QED) is 0.757. The molecule has 8 nitrogen and oxygen atoms in total. The fraction of sp³-hybridized carbons (Fsp3) is 0.474. The first kappa shape index (κ1) is 17.7. The van der Waals surface area contributed by atoms with Crippen molar-refractivity contribution < 1.29 is 9.47 Å². The van der Waals surface area contributed by atoms with Crippen molar-refractivity contribution in [3.63, 3.8) is 0 Å². The summed E-state index contributed by atoms with van der Waals surface area (Å²) in [4.78, 5) is 15.4. The van der Waals surface area contributed by atoms with Gasteiger partial charge >= 0.3 is 0 Å². The fourth-order valence-electron chi connectivity index (χ4n) is 3.41. The Morgan fingerprint density at radius 1 is 1.15 bits per heavy atom. The van der Waals surface area contributed by atoms with Gasteiger partial charge in [-0.25, -0.2) is 15.0 Å². The third kappa shape index (κ3) is 3.71. The molecule has 4 rings (SSSR count). The van der Waals surface area contributed by atoms with E-state index in [0.717, 1.165) is 41.2 Å². The zero-order chi connectivity index (χ0) is 19.0. The Hall–Kier alpha value is -2.74. The van der Waals surface area contributed by atoms with Crippen LogP contribution in [0.2, 0.25) is 0 Å². The summed E-state index contributed by atoms with van der Waals surface area (Å²) in [6, 6.07) is 3.87. The van der Waals surface area contributed by atoms with Crippen molar-refractivity contribution in [2.75, 3.05) is 18.0 Å². The average Bonchev–Trinajstić information content (AvgIpc) is 3.04. The summed E-state index contributed by atoms with van der Waals surface area (Å²) < 4.78 is 11.5. The number of fused-ring (bicyclic) bond motifs is 1. The van der Waals surface area contributed by atoms with Gasteiger partial charge in [0.25, 0.3) is 0 Å². The number of rotatable bonds is 4. The molecule has 0 aliphatic carbocycles. The molecule has 1 aliphatic heterocycles. The number of aromatic nitrogens is 5. The Bertz CT molecular complexity index is 931. The number of anilines is 1. The van der Waals surface area contributed by atoms with Crippen LogP contribution in [0.3, 0.4) is 0 Å². The predicted molar refractivity (Wildman–Crippen MR) is 103 cm³/mol. The second-order valence-corrected chi connectivity index (χ2v) is 7.23. The van der Waals surface area contributed by atoms with Crippen molar-refractivity contribution in [2.24, 2.45) is 0 Å². The van der Waals surface area contributed by atoms with Crippen LogP contribution < -0.4 is 9.64 Å². The molecule has 27 heavy (non-hydrogen) atoms. The Morgan fingerprint density at radius 2 is 1.93 bits per heavy atom. The van der Waals surface area contributed by atoms with E-state index in [1.165, 1.54) is 0 Å². The molecule has 0 amide bonds. The maximum absolute atomic E-state index is 5.82. The molecular formula is C19H24N6O2. The Labute approximate surface area is 157 Å². The van der Waals surface area contributed by atoms with E-state index in [9.17, 15) is 0 Å². The van der Waals surface area contributed by atoms with Crippen LogP contribution in [0.1, 0.15) is 27.7 Å². The fourth-order valence-corrected chi connectivity index (χ4v) is 3.41. The summed E-state index contributed by atoms with van der Waals surface area (Å²) in [6.07, 6.45) is 3.71. The molecule has 1 aliphatic rings. The lowest BCUT2D eigenvalue weighted by molar-refractivity contribution is -0.00546. The van der Waals surface area contributed by atoms with Crippen molar-refractivity contribution in [3.05, 3.63) is 24.7 Å². The Balaban J connectivity index is 1.69. The maximum Gasteiger partial charge on any atom is 0.214 e. The molecule has 0 aromatic carbocycles. The molecule has 0 radical (unpaired) electrons. The molecule has 2 atom stereocenters. The first-order valence-electron chi connectivity index (χ1n) is 9.23. The minimum atomic E-state index is 0.0567. The highest BCUT2D eigenvalue weighted by molar-refractivity contribution is 5.92. The highest BCUT2D eigenvalue weighted by Gasteiger charge is 2.24. The van der Waals surface area contributed by atoms with Crippen LogP contribution in [-0.2, 0) is 4.74 Å².